The third-order valence-electron chi connectivity index (χ3n) is 2.58. The van der Waals surface area contributed by atoms with Crippen molar-refractivity contribution in [1.29, 1.82) is 0 Å². The van der Waals surface area contributed by atoms with Crippen LogP contribution in [0.5, 0.6) is 0 Å². The van der Waals surface area contributed by atoms with Crippen LogP contribution in [0.15, 0.2) is 28.7 Å². The van der Waals surface area contributed by atoms with E-state index in [1.165, 1.54) is 0 Å². The van der Waals surface area contributed by atoms with Crippen LogP contribution in [-0.4, -0.2) is 4.99 Å². The van der Waals surface area contributed by atoms with Gasteiger partial charge >= 0.3 is 0 Å². The first-order valence-corrected chi connectivity index (χ1v) is 6.70. The molecule has 2 nitrogen and oxygen atoms in total. The highest BCUT2D eigenvalue weighted by Crippen LogP contribution is 2.30. The van der Waals surface area contributed by atoms with E-state index in [4.69, 9.17) is 5.73 Å². The number of benzene rings is 2. The van der Waals surface area contributed by atoms with E-state index in [1.54, 1.807) is 0 Å². The molecule has 0 saturated heterocycles. The Morgan fingerprint density at radius 1 is 0.905 bits per heavy atom. The summed E-state index contributed by atoms with van der Waals surface area (Å²) in [6.07, 6.45) is 0. The summed E-state index contributed by atoms with van der Waals surface area (Å²) < 4.78 is 55.1. The fourth-order valence-corrected chi connectivity index (χ4v) is 2.14. The molecule has 0 heterocycles. The molecular formula is C13H7BrF4N2S. The topological polar surface area (TPSA) is 38.0 Å². The average Bonchev–Trinajstić information content (AvgIpc) is 2.35. The Morgan fingerprint density at radius 3 is 1.67 bits per heavy atom. The third-order valence-corrected chi connectivity index (χ3v) is 3.28. The monoisotopic (exact) mass is 378 g/mol. The second-order valence-electron chi connectivity index (χ2n) is 4.05. The minimum atomic E-state index is -1.07. The molecule has 0 fully saturated rings. The molecule has 0 atom stereocenters. The van der Waals surface area contributed by atoms with Gasteiger partial charge in [0.1, 0.15) is 28.0 Å². The fraction of sp³-hybridized carbons (Fsp3) is 0. The predicted octanol–water partition coefficient (Wildman–Crippen LogP) is 4.38. The van der Waals surface area contributed by atoms with Crippen molar-refractivity contribution in [3.8, 4) is 0 Å². The summed E-state index contributed by atoms with van der Waals surface area (Å²) in [7, 11) is 0. The number of rotatable bonds is 3. The summed E-state index contributed by atoms with van der Waals surface area (Å²) in [6, 6.07) is 3.68. The van der Waals surface area contributed by atoms with Crippen molar-refractivity contribution >= 4 is 44.5 Å². The lowest BCUT2D eigenvalue weighted by atomic mass is 10.1. The zero-order valence-electron chi connectivity index (χ0n) is 10.2. The van der Waals surface area contributed by atoms with E-state index >= 15 is 0 Å². The van der Waals surface area contributed by atoms with Crippen LogP contribution in [0.25, 0.3) is 0 Å². The molecule has 21 heavy (non-hydrogen) atoms. The SMILES string of the molecule is NC(=S)c1cc(F)c(Nc2c(F)cc(Br)cc2F)c(F)c1. The van der Waals surface area contributed by atoms with Gasteiger partial charge in [-0.05, 0) is 24.3 Å². The summed E-state index contributed by atoms with van der Waals surface area (Å²) in [4.78, 5) is -0.194. The molecule has 0 unspecified atom stereocenters. The first kappa shape index (κ1) is 15.7. The third kappa shape index (κ3) is 3.33. The van der Waals surface area contributed by atoms with Crippen molar-refractivity contribution in [3.63, 3.8) is 0 Å². The Bertz CT molecular complexity index is 690. The van der Waals surface area contributed by atoms with Gasteiger partial charge in [-0.2, -0.15) is 0 Å². The molecule has 0 bridgehead atoms. The highest BCUT2D eigenvalue weighted by atomic mass is 79.9. The van der Waals surface area contributed by atoms with Crippen molar-refractivity contribution in [2.75, 3.05) is 5.32 Å². The van der Waals surface area contributed by atoms with Crippen molar-refractivity contribution < 1.29 is 17.6 Å². The van der Waals surface area contributed by atoms with Gasteiger partial charge in [-0.3, -0.25) is 0 Å². The molecule has 0 amide bonds. The lowest BCUT2D eigenvalue weighted by Crippen LogP contribution is -2.11. The number of hydrogen-bond acceptors (Lipinski definition) is 2. The Hall–Kier alpha value is -1.67. The van der Waals surface area contributed by atoms with E-state index in [1.807, 2.05) is 0 Å². The maximum Gasteiger partial charge on any atom is 0.150 e. The normalized spacial score (nSPS) is 10.5. The molecule has 3 N–H and O–H groups in total. The van der Waals surface area contributed by atoms with Crippen LogP contribution in [0.1, 0.15) is 5.56 Å². The van der Waals surface area contributed by atoms with E-state index < -0.39 is 34.6 Å². The molecular weight excluding hydrogens is 372 g/mol. The highest BCUT2D eigenvalue weighted by Gasteiger charge is 2.17. The highest BCUT2D eigenvalue weighted by molar-refractivity contribution is 9.10. The second kappa shape index (κ2) is 5.98. The Morgan fingerprint density at radius 2 is 1.29 bits per heavy atom. The van der Waals surface area contributed by atoms with Crippen LogP contribution in [-0.2, 0) is 0 Å². The first-order chi connectivity index (χ1) is 9.79. The molecule has 0 radical (unpaired) electrons. The number of halogens is 5. The second-order valence-corrected chi connectivity index (χ2v) is 5.40. The Kier molecular flexibility index (Phi) is 4.48. The molecule has 0 aliphatic heterocycles. The summed E-state index contributed by atoms with van der Waals surface area (Å²) in [5.41, 5.74) is 3.88. The molecule has 110 valence electrons. The summed E-state index contributed by atoms with van der Waals surface area (Å²) in [6.45, 7) is 0. The molecule has 0 saturated carbocycles. The molecule has 0 aromatic heterocycles. The summed E-state index contributed by atoms with van der Waals surface area (Å²) in [5, 5.41) is 2.07. The van der Waals surface area contributed by atoms with E-state index in [2.05, 4.69) is 33.5 Å². The molecule has 0 aliphatic carbocycles. The molecule has 2 rings (SSSR count). The first-order valence-electron chi connectivity index (χ1n) is 5.50. The fourth-order valence-electron chi connectivity index (χ4n) is 1.62. The smallest absolute Gasteiger partial charge is 0.150 e. The number of nitrogens with one attached hydrogen (secondary N) is 1. The van der Waals surface area contributed by atoms with Crippen molar-refractivity contribution in [3.05, 3.63) is 57.6 Å². The van der Waals surface area contributed by atoms with Crippen LogP contribution in [0.3, 0.4) is 0 Å². The van der Waals surface area contributed by atoms with Gasteiger partial charge in [0.15, 0.2) is 11.6 Å². The minimum Gasteiger partial charge on any atom is -0.389 e. The van der Waals surface area contributed by atoms with Crippen LogP contribution in [0.2, 0.25) is 0 Å². The molecule has 0 spiro atoms. The lowest BCUT2D eigenvalue weighted by Gasteiger charge is -2.12. The van der Waals surface area contributed by atoms with E-state index in [9.17, 15) is 17.6 Å². The maximum atomic E-state index is 13.8. The maximum absolute atomic E-state index is 13.8. The van der Waals surface area contributed by atoms with Gasteiger partial charge in [0.2, 0.25) is 0 Å². The standard InChI is InChI=1S/C13H7BrF4N2S/c14-6-3-9(17)12(10(18)4-6)20-11-7(15)1-5(13(19)21)2-8(11)16/h1-4,20H,(H2,19,21). The largest absolute Gasteiger partial charge is 0.389 e. The van der Waals surface area contributed by atoms with Crippen molar-refractivity contribution in [2.45, 2.75) is 0 Å². The number of hydrogen-bond donors (Lipinski definition) is 2. The summed E-state index contributed by atoms with van der Waals surface area (Å²) >= 11 is 7.51. The number of thiocarbonyl (C=S) groups is 1. The lowest BCUT2D eigenvalue weighted by molar-refractivity contribution is 0.579. The van der Waals surface area contributed by atoms with Gasteiger partial charge < -0.3 is 11.1 Å². The van der Waals surface area contributed by atoms with Gasteiger partial charge in [-0.25, -0.2) is 17.6 Å². The van der Waals surface area contributed by atoms with Crippen molar-refractivity contribution in [2.24, 2.45) is 5.73 Å². The minimum absolute atomic E-state index is 0.0256. The molecule has 8 heteroatoms. The van der Waals surface area contributed by atoms with Gasteiger partial charge in [0.05, 0.1) is 0 Å². The number of nitrogens with two attached hydrogens (primary N) is 1. The van der Waals surface area contributed by atoms with E-state index in [-0.39, 0.29) is 15.0 Å². The van der Waals surface area contributed by atoms with Crippen LogP contribution >= 0.6 is 28.1 Å². The van der Waals surface area contributed by atoms with Crippen LogP contribution in [0, 0.1) is 23.3 Å². The number of anilines is 2. The van der Waals surface area contributed by atoms with E-state index in [0.717, 1.165) is 24.3 Å². The molecule has 2 aromatic carbocycles. The van der Waals surface area contributed by atoms with Gasteiger partial charge in [-0.15, -0.1) is 0 Å². The quantitative estimate of drug-likeness (QED) is 0.614. The van der Waals surface area contributed by atoms with Crippen LogP contribution in [0.4, 0.5) is 28.9 Å². The Balaban J connectivity index is 2.48. The average molecular weight is 379 g/mol. The molecule has 2 aromatic rings. The Labute approximate surface area is 131 Å². The van der Waals surface area contributed by atoms with Crippen LogP contribution < -0.4 is 11.1 Å². The predicted molar refractivity (Wildman–Crippen MR) is 79.6 cm³/mol. The zero-order chi connectivity index (χ0) is 15.7. The van der Waals surface area contributed by atoms with Gasteiger partial charge in [0, 0.05) is 10.0 Å². The van der Waals surface area contributed by atoms with Gasteiger partial charge in [0.25, 0.3) is 0 Å². The summed E-state index contributed by atoms with van der Waals surface area (Å²) in [5.74, 6) is -4.14. The molecule has 0 aliphatic rings. The zero-order valence-corrected chi connectivity index (χ0v) is 12.6. The van der Waals surface area contributed by atoms with Gasteiger partial charge in [-0.1, -0.05) is 28.1 Å². The van der Waals surface area contributed by atoms with E-state index in [0.29, 0.717) is 0 Å². The van der Waals surface area contributed by atoms with Crippen molar-refractivity contribution in [1.82, 2.24) is 0 Å².